The van der Waals surface area contributed by atoms with Crippen LogP contribution in [0.3, 0.4) is 0 Å². The van der Waals surface area contributed by atoms with E-state index in [1.54, 1.807) is 0 Å². The van der Waals surface area contributed by atoms with Crippen LogP contribution in [0.15, 0.2) is 0 Å². The van der Waals surface area contributed by atoms with E-state index in [1.165, 1.54) is 96.3 Å². The molecular formula is C20H40FeO2. The van der Waals surface area contributed by atoms with Crippen LogP contribution < -0.4 is 0 Å². The van der Waals surface area contributed by atoms with E-state index in [2.05, 4.69) is 6.92 Å². The summed E-state index contributed by atoms with van der Waals surface area (Å²) in [6, 6.07) is 0. The minimum Gasteiger partial charge on any atom is -0.481 e. The minimum absolute atomic E-state index is 0. The van der Waals surface area contributed by atoms with E-state index in [1.807, 2.05) is 0 Å². The molecule has 2 nitrogen and oxygen atoms in total. The van der Waals surface area contributed by atoms with Crippen molar-refractivity contribution < 1.29 is 27.0 Å². The van der Waals surface area contributed by atoms with Crippen molar-refractivity contribution in [2.75, 3.05) is 0 Å². The summed E-state index contributed by atoms with van der Waals surface area (Å²) in [4.78, 5) is 10.4. The van der Waals surface area contributed by atoms with Crippen LogP contribution >= 0.6 is 0 Å². The number of hydrogen-bond acceptors (Lipinski definition) is 1. The fourth-order valence-electron chi connectivity index (χ4n) is 3.00. The van der Waals surface area contributed by atoms with Gasteiger partial charge < -0.3 is 5.11 Å². The molecular weight excluding hydrogens is 328 g/mol. The first-order valence-electron chi connectivity index (χ1n) is 9.99. The van der Waals surface area contributed by atoms with Gasteiger partial charge in [-0.05, 0) is 6.42 Å². The van der Waals surface area contributed by atoms with Gasteiger partial charge in [0.25, 0.3) is 0 Å². The number of aliphatic carboxylic acids is 1. The Kier molecular flexibility index (Phi) is 24.1. The van der Waals surface area contributed by atoms with Crippen LogP contribution in [0.4, 0.5) is 0 Å². The monoisotopic (exact) mass is 368 g/mol. The Hall–Kier alpha value is -0.0105. The molecule has 0 aliphatic carbocycles. The van der Waals surface area contributed by atoms with E-state index < -0.39 is 5.97 Å². The Morgan fingerprint density at radius 1 is 0.565 bits per heavy atom. The maximum atomic E-state index is 10.4. The molecule has 0 spiro atoms. The van der Waals surface area contributed by atoms with Crippen molar-refractivity contribution in [3.8, 4) is 0 Å². The Morgan fingerprint density at radius 3 is 1.09 bits per heavy atom. The van der Waals surface area contributed by atoms with Crippen molar-refractivity contribution in [1.29, 1.82) is 0 Å². The third kappa shape index (κ3) is 24.4. The van der Waals surface area contributed by atoms with Gasteiger partial charge in [-0.15, -0.1) is 0 Å². The quantitative estimate of drug-likeness (QED) is 0.207. The third-order valence-electron chi connectivity index (χ3n) is 4.49. The number of rotatable bonds is 18. The van der Waals surface area contributed by atoms with E-state index in [0.717, 1.165) is 12.8 Å². The zero-order valence-electron chi connectivity index (χ0n) is 15.4. The van der Waals surface area contributed by atoms with Crippen LogP contribution in [0.25, 0.3) is 0 Å². The van der Waals surface area contributed by atoms with E-state index in [0.29, 0.717) is 6.42 Å². The molecule has 0 rings (SSSR count). The molecule has 0 saturated heterocycles. The molecule has 0 aromatic heterocycles. The second-order valence-corrected chi connectivity index (χ2v) is 6.80. The first-order valence-corrected chi connectivity index (χ1v) is 9.99. The standard InChI is InChI=1S/C20H40O2.Fe/c1-2-3-4-5-6-7-8-9-10-11-12-13-14-15-16-17-18-19-20(21)22;/h2-19H2,1H3,(H,21,22);. The van der Waals surface area contributed by atoms with Gasteiger partial charge in [0.05, 0.1) is 0 Å². The number of carbonyl (C=O) groups is 1. The van der Waals surface area contributed by atoms with E-state index >= 15 is 0 Å². The fraction of sp³-hybridized carbons (Fsp3) is 0.950. The van der Waals surface area contributed by atoms with Crippen molar-refractivity contribution in [2.45, 2.75) is 122 Å². The summed E-state index contributed by atoms with van der Waals surface area (Å²) in [6.07, 6.45) is 23.1. The summed E-state index contributed by atoms with van der Waals surface area (Å²) in [5.74, 6) is -0.652. The van der Waals surface area contributed by atoms with Crippen molar-refractivity contribution in [1.82, 2.24) is 0 Å². The summed E-state index contributed by atoms with van der Waals surface area (Å²) in [7, 11) is 0. The Balaban J connectivity index is 0. The molecule has 0 aromatic carbocycles. The van der Waals surface area contributed by atoms with Gasteiger partial charge in [0.1, 0.15) is 0 Å². The van der Waals surface area contributed by atoms with Gasteiger partial charge in [-0.3, -0.25) is 4.79 Å². The maximum Gasteiger partial charge on any atom is 0.303 e. The first kappa shape index (κ1) is 25.2. The molecule has 1 N–H and O–H groups in total. The van der Waals surface area contributed by atoms with Crippen molar-refractivity contribution in [3.05, 3.63) is 0 Å². The second kappa shape index (κ2) is 22.0. The SMILES string of the molecule is CCCCCCCCCCCCCCCCCCCC(=O)O.[Fe]. The molecule has 0 aliphatic rings. The molecule has 3 heteroatoms. The maximum absolute atomic E-state index is 10.4. The molecule has 0 radical (unpaired) electrons. The van der Waals surface area contributed by atoms with Crippen LogP contribution in [0.5, 0.6) is 0 Å². The summed E-state index contributed by atoms with van der Waals surface area (Å²) in [6.45, 7) is 2.28. The predicted octanol–water partition coefficient (Wildman–Crippen LogP) is 7.11. The first-order chi connectivity index (χ1) is 10.8. The summed E-state index contributed by atoms with van der Waals surface area (Å²) in [5.41, 5.74) is 0. The Labute approximate surface area is 155 Å². The predicted molar refractivity (Wildman–Crippen MR) is 96.4 cm³/mol. The molecule has 0 bridgehead atoms. The molecule has 23 heavy (non-hydrogen) atoms. The topological polar surface area (TPSA) is 37.3 Å². The third-order valence-corrected chi connectivity index (χ3v) is 4.49. The minimum atomic E-state index is -0.652. The van der Waals surface area contributed by atoms with Gasteiger partial charge in [-0.2, -0.15) is 0 Å². The number of unbranched alkanes of at least 4 members (excludes halogenated alkanes) is 16. The summed E-state index contributed by atoms with van der Waals surface area (Å²) in [5, 5.41) is 8.54. The number of carboxylic acids is 1. The smallest absolute Gasteiger partial charge is 0.303 e. The number of hydrogen-bond donors (Lipinski definition) is 1. The number of carboxylic acid groups (broad SMARTS) is 1. The molecule has 0 aromatic rings. The van der Waals surface area contributed by atoms with Gasteiger partial charge in [-0.1, -0.05) is 110 Å². The molecule has 0 fully saturated rings. The van der Waals surface area contributed by atoms with Gasteiger partial charge >= 0.3 is 5.97 Å². The van der Waals surface area contributed by atoms with Crippen molar-refractivity contribution in [3.63, 3.8) is 0 Å². The molecule has 0 atom stereocenters. The largest absolute Gasteiger partial charge is 0.481 e. The molecule has 0 unspecified atom stereocenters. The van der Waals surface area contributed by atoms with Crippen molar-refractivity contribution in [2.24, 2.45) is 0 Å². The zero-order valence-corrected chi connectivity index (χ0v) is 16.5. The van der Waals surface area contributed by atoms with Gasteiger partial charge in [0.15, 0.2) is 0 Å². The molecule has 0 saturated carbocycles. The van der Waals surface area contributed by atoms with Crippen LogP contribution in [-0.2, 0) is 21.9 Å². The molecule has 0 aliphatic heterocycles. The Morgan fingerprint density at radius 2 is 0.826 bits per heavy atom. The summed E-state index contributed by atoms with van der Waals surface area (Å²) >= 11 is 0. The normalized spacial score (nSPS) is 10.5. The van der Waals surface area contributed by atoms with Gasteiger partial charge in [0.2, 0.25) is 0 Å². The van der Waals surface area contributed by atoms with Crippen LogP contribution in [0.1, 0.15) is 122 Å². The second-order valence-electron chi connectivity index (χ2n) is 6.80. The van der Waals surface area contributed by atoms with E-state index in [-0.39, 0.29) is 17.1 Å². The van der Waals surface area contributed by atoms with Crippen LogP contribution in [0.2, 0.25) is 0 Å². The molecule has 140 valence electrons. The van der Waals surface area contributed by atoms with Crippen LogP contribution in [-0.4, -0.2) is 11.1 Å². The summed E-state index contributed by atoms with van der Waals surface area (Å²) < 4.78 is 0. The van der Waals surface area contributed by atoms with E-state index in [9.17, 15) is 4.79 Å². The average molecular weight is 368 g/mol. The fourth-order valence-corrected chi connectivity index (χ4v) is 3.00. The molecule has 0 heterocycles. The van der Waals surface area contributed by atoms with Crippen molar-refractivity contribution >= 4 is 5.97 Å². The van der Waals surface area contributed by atoms with E-state index in [4.69, 9.17) is 5.11 Å². The van der Waals surface area contributed by atoms with Crippen LogP contribution in [0, 0.1) is 0 Å². The van der Waals surface area contributed by atoms with Gasteiger partial charge in [0, 0.05) is 23.5 Å². The van der Waals surface area contributed by atoms with Gasteiger partial charge in [-0.25, -0.2) is 0 Å². The average Bonchev–Trinajstić information content (AvgIpc) is 2.50. The molecule has 0 amide bonds. The zero-order chi connectivity index (χ0) is 16.3. The Bertz CT molecular complexity index is 232.